The van der Waals surface area contributed by atoms with Gasteiger partial charge >= 0.3 is 0 Å². The van der Waals surface area contributed by atoms with Crippen LogP contribution in [0.1, 0.15) is 16.2 Å². The Morgan fingerprint density at radius 2 is 1.89 bits per heavy atom. The van der Waals surface area contributed by atoms with E-state index in [9.17, 15) is 14.7 Å². The maximum Gasteiger partial charge on any atom is 0.275 e. The Morgan fingerprint density at radius 3 is 2.63 bits per heavy atom. The zero-order valence-corrected chi connectivity index (χ0v) is 14.6. The van der Waals surface area contributed by atoms with Crippen molar-refractivity contribution in [2.24, 2.45) is 0 Å². The summed E-state index contributed by atoms with van der Waals surface area (Å²) in [6.07, 6.45) is 1.62. The number of carbonyl (C=O) groups excluding carboxylic acids is 1. The van der Waals surface area contributed by atoms with Crippen molar-refractivity contribution in [2.75, 3.05) is 0 Å². The third-order valence-electron chi connectivity index (χ3n) is 4.16. The lowest BCUT2D eigenvalue weighted by atomic mass is 10.2. The van der Waals surface area contributed by atoms with Crippen LogP contribution in [0.2, 0.25) is 0 Å². The molecule has 9 heteroatoms. The Kier molecular flexibility index (Phi) is 4.13. The second-order valence-corrected chi connectivity index (χ2v) is 6.20. The summed E-state index contributed by atoms with van der Waals surface area (Å²) >= 11 is 5.27. The SMILES string of the molecule is O=C([O-])c1ccc(-n2c(Cn3ncc4ccccc4c3=O)n[nH]c2=S)cc1. The first-order valence-corrected chi connectivity index (χ1v) is 8.38. The van der Waals surface area contributed by atoms with Gasteiger partial charge in [0.05, 0.1) is 17.6 Å². The zero-order valence-electron chi connectivity index (χ0n) is 13.8. The molecule has 4 aromatic rings. The van der Waals surface area contributed by atoms with Crippen LogP contribution in [0.25, 0.3) is 16.5 Å². The molecule has 134 valence electrons. The summed E-state index contributed by atoms with van der Waals surface area (Å²) < 4.78 is 3.25. The minimum Gasteiger partial charge on any atom is -0.545 e. The number of fused-ring (bicyclic) bond motifs is 1. The number of nitrogens with one attached hydrogen (secondary N) is 1. The molecule has 27 heavy (non-hydrogen) atoms. The molecule has 0 radical (unpaired) electrons. The molecule has 0 bridgehead atoms. The van der Waals surface area contributed by atoms with Crippen LogP contribution >= 0.6 is 12.2 Å². The van der Waals surface area contributed by atoms with E-state index in [0.29, 0.717) is 21.7 Å². The number of aromatic carboxylic acids is 1. The van der Waals surface area contributed by atoms with Gasteiger partial charge in [-0.3, -0.25) is 14.5 Å². The van der Waals surface area contributed by atoms with Gasteiger partial charge in [0.15, 0.2) is 10.6 Å². The molecule has 0 saturated carbocycles. The molecule has 0 aliphatic carbocycles. The van der Waals surface area contributed by atoms with Gasteiger partial charge in [0, 0.05) is 11.1 Å². The molecule has 2 heterocycles. The van der Waals surface area contributed by atoms with E-state index in [1.807, 2.05) is 12.1 Å². The lowest BCUT2D eigenvalue weighted by Crippen LogP contribution is -2.24. The lowest BCUT2D eigenvalue weighted by Gasteiger charge is -2.10. The van der Waals surface area contributed by atoms with Crippen LogP contribution in [-0.2, 0) is 6.54 Å². The van der Waals surface area contributed by atoms with Gasteiger partial charge in [0.25, 0.3) is 5.56 Å². The molecule has 0 unspecified atom stereocenters. The molecule has 0 aliphatic heterocycles. The molecule has 0 fully saturated rings. The van der Waals surface area contributed by atoms with Gasteiger partial charge in [0.1, 0.15) is 6.54 Å². The van der Waals surface area contributed by atoms with Crippen molar-refractivity contribution in [3.05, 3.63) is 81.2 Å². The van der Waals surface area contributed by atoms with Crippen molar-refractivity contribution in [3.63, 3.8) is 0 Å². The number of nitrogens with zero attached hydrogens (tertiary/aromatic N) is 4. The molecule has 2 aromatic heterocycles. The van der Waals surface area contributed by atoms with Crippen molar-refractivity contribution >= 4 is 29.0 Å². The van der Waals surface area contributed by atoms with Gasteiger partial charge in [0.2, 0.25) is 0 Å². The third-order valence-corrected chi connectivity index (χ3v) is 4.43. The van der Waals surface area contributed by atoms with E-state index < -0.39 is 5.97 Å². The Bertz CT molecular complexity index is 1270. The summed E-state index contributed by atoms with van der Waals surface area (Å²) in [6, 6.07) is 13.2. The van der Waals surface area contributed by atoms with Crippen LogP contribution in [0.4, 0.5) is 0 Å². The number of carboxylic acid groups (broad SMARTS) is 1. The number of carboxylic acids is 1. The predicted octanol–water partition coefficient (Wildman–Crippen LogP) is 1.05. The lowest BCUT2D eigenvalue weighted by molar-refractivity contribution is -0.255. The van der Waals surface area contributed by atoms with Gasteiger partial charge in [-0.15, -0.1) is 0 Å². The van der Waals surface area contributed by atoms with Gasteiger partial charge in [-0.2, -0.15) is 10.2 Å². The van der Waals surface area contributed by atoms with E-state index in [1.165, 1.54) is 16.8 Å². The van der Waals surface area contributed by atoms with Gasteiger partial charge < -0.3 is 9.90 Å². The number of aromatic amines is 1. The molecule has 0 amide bonds. The molecule has 0 spiro atoms. The second-order valence-electron chi connectivity index (χ2n) is 5.81. The topological polar surface area (TPSA) is 109 Å². The zero-order chi connectivity index (χ0) is 19.0. The highest BCUT2D eigenvalue weighted by Crippen LogP contribution is 2.13. The van der Waals surface area contributed by atoms with Gasteiger partial charge in [-0.1, -0.05) is 30.3 Å². The van der Waals surface area contributed by atoms with Crippen molar-refractivity contribution in [2.45, 2.75) is 6.54 Å². The van der Waals surface area contributed by atoms with Crippen LogP contribution < -0.4 is 10.7 Å². The number of aromatic nitrogens is 5. The largest absolute Gasteiger partial charge is 0.545 e. The monoisotopic (exact) mass is 378 g/mol. The summed E-state index contributed by atoms with van der Waals surface area (Å²) in [4.78, 5) is 23.6. The fourth-order valence-electron chi connectivity index (χ4n) is 2.82. The average molecular weight is 378 g/mol. The minimum atomic E-state index is -1.26. The summed E-state index contributed by atoms with van der Waals surface area (Å²) in [5.74, 6) is -0.796. The number of hydrogen-bond donors (Lipinski definition) is 1. The standard InChI is InChI=1S/C18H13N5O3S/c24-16-14-4-2-1-3-12(14)9-19-22(16)10-15-20-21-18(27)23(15)13-7-5-11(6-8-13)17(25)26/h1-9H,10H2,(H,21,27)(H,25,26)/p-1. The minimum absolute atomic E-state index is 0.0581. The first-order valence-electron chi connectivity index (χ1n) is 7.97. The number of rotatable bonds is 4. The molecule has 2 aromatic carbocycles. The Labute approximate surface area is 157 Å². The predicted molar refractivity (Wildman–Crippen MR) is 98.2 cm³/mol. The molecule has 0 aliphatic rings. The second kappa shape index (κ2) is 6.61. The highest BCUT2D eigenvalue weighted by Gasteiger charge is 2.12. The normalized spacial score (nSPS) is 11.0. The van der Waals surface area contributed by atoms with E-state index in [-0.39, 0.29) is 17.7 Å². The molecule has 8 nitrogen and oxygen atoms in total. The molecule has 4 rings (SSSR count). The van der Waals surface area contributed by atoms with Crippen LogP contribution in [0.5, 0.6) is 0 Å². The van der Waals surface area contributed by atoms with E-state index in [0.717, 1.165) is 5.39 Å². The van der Waals surface area contributed by atoms with Crippen LogP contribution in [-0.4, -0.2) is 30.5 Å². The van der Waals surface area contributed by atoms with E-state index in [2.05, 4.69) is 15.3 Å². The number of hydrogen-bond acceptors (Lipinski definition) is 6. The van der Waals surface area contributed by atoms with Crippen molar-refractivity contribution in [3.8, 4) is 5.69 Å². The van der Waals surface area contributed by atoms with E-state index in [1.54, 1.807) is 35.0 Å². The first kappa shape index (κ1) is 16.9. The van der Waals surface area contributed by atoms with E-state index in [4.69, 9.17) is 12.2 Å². The van der Waals surface area contributed by atoms with Crippen molar-refractivity contribution in [1.82, 2.24) is 24.5 Å². The van der Waals surface area contributed by atoms with Crippen LogP contribution in [0.15, 0.2) is 59.5 Å². The van der Waals surface area contributed by atoms with Crippen LogP contribution in [0.3, 0.4) is 0 Å². The summed E-state index contributed by atoms with van der Waals surface area (Å²) in [6.45, 7) is 0.0963. The number of H-pyrrole nitrogens is 1. The molecule has 0 atom stereocenters. The smallest absolute Gasteiger partial charge is 0.275 e. The highest BCUT2D eigenvalue weighted by atomic mass is 32.1. The summed E-state index contributed by atoms with van der Waals surface area (Å²) in [5, 5.41) is 23.3. The molecular weight excluding hydrogens is 366 g/mol. The fraction of sp³-hybridized carbons (Fsp3) is 0.0556. The van der Waals surface area contributed by atoms with Gasteiger partial charge in [-0.25, -0.2) is 4.68 Å². The Morgan fingerprint density at radius 1 is 1.15 bits per heavy atom. The highest BCUT2D eigenvalue weighted by molar-refractivity contribution is 7.71. The van der Waals surface area contributed by atoms with Crippen molar-refractivity contribution in [1.29, 1.82) is 0 Å². The first-order chi connectivity index (χ1) is 13.0. The molecule has 0 saturated heterocycles. The molecule has 1 N–H and O–H groups in total. The molecular formula is C18H12N5O3S-. The number of benzene rings is 2. The Hall–Kier alpha value is -3.59. The Balaban J connectivity index is 1.76. The van der Waals surface area contributed by atoms with E-state index >= 15 is 0 Å². The maximum absolute atomic E-state index is 12.7. The fourth-order valence-corrected chi connectivity index (χ4v) is 3.08. The average Bonchev–Trinajstić information content (AvgIpc) is 3.04. The van der Waals surface area contributed by atoms with Crippen molar-refractivity contribution < 1.29 is 9.90 Å². The summed E-state index contributed by atoms with van der Waals surface area (Å²) in [5.41, 5.74) is 0.436. The van der Waals surface area contributed by atoms with Crippen LogP contribution in [0, 0.1) is 4.77 Å². The van der Waals surface area contributed by atoms with Gasteiger partial charge in [-0.05, 0) is 36.0 Å². The summed E-state index contributed by atoms with van der Waals surface area (Å²) in [7, 11) is 0. The number of carbonyl (C=O) groups is 1. The third kappa shape index (κ3) is 3.04. The quantitative estimate of drug-likeness (QED) is 0.532. The maximum atomic E-state index is 12.7.